The van der Waals surface area contributed by atoms with Crippen LogP contribution in [0.15, 0.2) is 17.1 Å². The Labute approximate surface area is 137 Å². The summed E-state index contributed by atoms with van der Waals surface area (Å²) in [5.41, 5.74) is -0.910. The van der Waals surface area contributed by atoms with Crippen molar-refractivity contribution in [3.05, 3.63) is 12.2 Å². The fraction of sp³-hybridized carbons (Fsp3) is 0.765. The summed E-state index contributed by atoms with van der Waals surface area (Å²) in [7, 11) is 0. The molecule has 0 saturated carbocycles. The van der Waals surface area contributed by atoms with Gasteiger partial charge in [0.2, 0.25) is 6.08 Å². The quantitative estimate of drug-likeness (QED) is 0.453. The normalized spacial score (nSPS) is 29.8. The lowest BCUT2D eigenvalue weighted by Crippen LogP contribution is -2.48. The van der Waals surface area contributed by atoms with Crippen molar-refractivity contribution >= 4 is 12.2 Å². The molecule has 1 saturated heterocycles. The molecule has 1 fully saturated rings. The SMILES string of the molecule is CCOC1CC=CC2CN(C(=O)OC(C)(C)C)CC21CN=C=O. The van der Waals surface area contributed by atoms with Crippen molar-refractivity contribution in [2.75, 3.05) is 26.2 Å². The maximum Gasteiger partial charge on any atom is 0.410 e. The smallest absolute Gasteiger partial charge is 0.410 e. The first kappa shape index (κ1) is 17.7. The maximum atomic E-state index is 12.4. The van der Waals surface area contributed by atoms with Gasteiger partial charge in [-0.25, -0.2) is 14.6 Å². The van der Waals surface area contributed by atoms with E-state index in [-0.39, 0.29) is 23.5 Å². The van der Waals surface area contributed by atoms with Gasteiger partial charge in [0.25, 0.3) is 0 Å². The molecule has 0 aromatic heterocycles. The molecule has 0 aromatic rings. The predicted molar refractivity (Wildman–Crippen MR) is 85.9 cm³/mol. The van der Waals surface area contributed by atoms with Crippen LogP contribution in [0.2, 0.25) is 0 Å². The third-order valence-corrected chi connectivity index (χ3v) is 4.46. The molecule has 2 aliphatic rings. The molecule has 1 heterocycles. The number of fused-ring (bicyclic) bond motifs is 1. The molecule has 3 unspecified atom stereocenters. The Bertz CT molecular complexity index is 519. The van der Waals surface area contributed by atoms with Gasteiger partial charge in [0.05, 0.1) is 12.6 Å². The molecule has 0 radical (unpaired) electrons. The number of carbonyl (C=O) groups excluding carboxylic acids is 2. The van der Waals surface area contributed by atoms with E-state index in [1.54, 1.807) is 11.0 Å². The van der Waals surface area contributed by atoms with E-state index < -0.39 is 5.60 Å². The van der Waals surface area contributed by atoms with Crippen LogP contribution in [0, 0.1) is 11.3 Å². The molecule has 6 heteroatoms. The molecule has 128 valence electrons. The molecule has 23 heavy (non-hydrogen) atoms. The Morgan fingerprint density at radius 3 is 2.83 bits per heavy atom. The van der Waals surface area contributed by atoms with E-state index in [1.807, 2.05) is 27.7 Å². The predicted octanol–water partition coefficient (Wildman–Crippen LogP) is 2.54. The van der Waals surface area contributed by atoms with Crippen molar-refractivity contribution in [1.29, 1.82) is 0 Å². The van der Waals surface area contributed by atoms with Crippen molar-refractivity contribution in [2.24, 2.45) is 16.3 Å². The molecule has 1 aliphatic heterocycles. The van der Waals surface area contributed by atoms with Crippen LogP contribution in [-0.4, -0.2) is 55.0 Å². The summed E-state index contributed by atoms with van der Waals surface area (Å²) in [4.78, 5) is 28.6. The van der Waals surface area contributed by atoms with Gasteiger partial charge in [-0.15, -0.1) is 0 Å². The van der Waals surface area contributed by atoms with Crippen LogP contribution in [0.1, 0.15) is 34.1 Å². The Morgan fingerprint density at radius 2 is 2.22 bits per heavy atom. The van der Waals surface area contributed by atoms with Gasteiger partial charge in [-0.05, 0) is 34.1 Å². The minimum atomic E-state index is -0.534. The van der Waals surface area contributed by atoms with Crippen molar-refractivity contribution in [1.82, 2.24) is 4.90 Å². The molecule has 0 N–H and O–H groups in total. The summed E-state index contributed by atoms with van der Waals surface area (Å²) in [6, 6.07) is 0. The number of hydrogen-bond acceptors (Lipinski definition) is 5. The highest BCUT2D eigenvalue weighted by atomic mass is 16.6. The van der Waals surface area contributed by atoms with Gasteiger partial charge in [-0.1, -0.05) is 12.2 Å². The summed E-state index contributed by atoms with van der Waals surface area (Å²) in [6.45, 7) is 9.44. The number of ether oxygens (including phenoxy) is 2. The topological polar surface area (TPSA) is 68.2 Å². The van der Waals surface area contributed by atoms with E-state index in [0.29, 0.717) is 26.2 Å². The fourth-order valence-corrected chi connectivity index (χ4v) is 3.50. The van der Waals surface area contributed by atoms with Crippen LogP contribution in [-0.2, 0) is 14.3 Å². The number of nitrogens with zero attached hydrogens (tertiary/aromatic N) is 2. The number of rotatable bonds is 4. The van der Waals surface area contributed by atoms with E-state index in [2.05, 4.69) is 17.1 Å². The minimum absolute atomic E-state index is 0.0629. The van der Waals surface area contributed by atoms with Crippen LogP contribution in [0.4, 0.5) is 4.79 Å². The lowest BCUT2D eigenvalue weighted by molar-refractivity contribution is -0.0427. The molecular formula is C17H26N2O4. The minimum Gasteiger partial charge on any atom is -0.444 e. The van der Waals surface area contributed by atoms with Crippen LogP contribution >= 0.6 is 0 Å². The summed E-state index contributed by atoms with van der Waals surface area (Å²) < 4.78 is 11.4. The number of isocyanates is 1. The Balaban J connectivity index is 2.24. The van der Waals surface area contributed by atoms with Crippen LogP contribution in [0.5, 0.6) is 0 Å². The zero-order valence-electron chi connectivity index (χ0n) is 14.4. The van der Waals surface area contributed by atoms with Gasteiger partial charge >= 0.3 is 6.09 Å². The average Bonchev–Trinajstić information content (AvgIpc) is 2.85. The molecule has 1 amide bonds. The Morgan fingerprint density at radius 1 is 1.48 bits per heavy atom. The Hall–Kier alpha value is -1.65. The number of amides is 1. The van der Waals surface area contributed by atoms with Gasteiger partial charge in [0, 0.05) is 31.0 Å². The average molecular weight is 322 g/mol. The van der Waals surface area contributed by atoms with Crippen molar-refractivity contribution < 1.29 is 19.1 Å². The van der Waals surface area contributed by atoms with E-state index in [4.69, 9.17) is 9.47 Å². The van der Waals surface area contributed by atoms with Crippen LogP contribution in [0.25, 0.3) is 0 Å². The van der Waals surface area contributed by atoms with E-state index in [0.717, 1.165) is 6.42 Å². The zero-order chi connectivity index (χ0) is 17.1. The second-order valence-corrected chi connectivity index (χ2v) is 7.22. The molecule has 0 spiro atoms. The third-order valence-electron chi connectivity index (χ3n) is 4.46. The van der Waals surface area contributed by atoms with Crippen molar-refractivity contribution in [3.63, 3.8) is 0 Å². The Kier molecular flexibility index (Phi) is 5.27. The lowest BCUT2D eigenvalue weighted by atomic mass is 9.69. The van der Waals surface area contributed by atoms with Crippen molar-refractivity contribution in [2.45, 2.75) is 45.8 Å². The molecule has 3 atom stereocenters. The number of likely N-dealkylation sites (tertiary alicyclic amines) is 1. The number of aliphatic imine (C=N–C) groups is 1. The highest BCUT2D eigenvalue weighted by molar-refractivity contribution is 5.69. The van der Waals surface area contributed by atoms with Crippen LogP contribution in [0.3, 0.4) is 0 Å². The first-order valence-electron chi connectivity index (χ1n) is 8.12. The first-order chi connectivity index (χ1) is 10.8. The van der Waals surface area contributed by atoms with Crippen molar-refractivity contribution in [3.8, 4) is 0 Å². The van der Waals surface area contributed by atoms with E-state index in [9.17, 15) is 9.59 Å². The molecule has 1 aliphatic carbocycles. The van der Waals surface area contributed by atoms with Gasteiger partial charge in [-0.2, -0.15) is 0 Å². The summed E-state index contributed by atoms with van der Waals surface area (Å²) in [5.74, 6) is 0.109. The standard InChI is InChI=1S/C17H26N2O4/c1-5-22-14-8-6-7-13-9-19(15(21)23-16(2,3)4)11-17(13,14)10-18-12-20/h6-7,13-14H,5,8-11H2,1-4H3. The molecule has 2 rings (SSSR count). The van der Waals surface area contributed by atoms with E-state index in [1.165, 1.54) is 0 Å². The van der Waals surface area contributed by atoms with Crippen LogP contribution < -0.4 is 0 Å². The highest BCUT2D eigenvalue weighted by Crippen LogP contribution is 2.46. The zero-order valence-corrected chi connectivity index (χ0v) is 14.4. The second kappa shape index (κ2) is 6.85. The molecular weight excluding hydrogens is 296 g/mol. The summed E-state index contributed by atoms with van der Waals surface area (Å²) in [5, 5.41) is 0. The van der Waals surface area contributed by atoms with Gasteiger partial charge < -0.3 is 14.4 Å². The van der Waals surface area contributed by atoms with Gasteiger partial charge in [-0.3, -0.25) is 0 Å². The lowest BCUT2D eigenvalue weighted by Gasteiger charge is -2.40. The maximum absolute atomic E-state index is 12.4. The molecule has 0 bridgehead atoms. The van der Waals surface area contributed by atoms with Gasteiger partial charge in [0.1, 0.15) is 5.60 Å². The van der Waals surface area contributed by atoms with E-state index >= 15 is 0 Å². The fourth-order valence-electron chi connectivity index (χ4n) is 3.50. The monoisotopic (exact) mass is 322 g/mol. The molecule has 6 nitrogen and oxygen atoms in total. The number of carbonyl (C=O) groups is 1. The van der Waals surface area contributed by atoms with Gasteiger partial charge in [0.15, 0.2) is 0 Å². The second-order valence-electron chi connectivity index (χ2n) is 7.22. The molecule has 0 aromatic carbocycles. The third kappa shape index (κ3) is 3.82. The summed E-state index contributed by atoms with van der Waals surface area (Å²) in [6.07, 6.45) is 6.20. The largest absolute Gasteiger partial charge is 0.444 e. The summed E-state index contributed by atoms with van der Waals surface area (Å²) >= 11 is 0. The first-order valence-corrected chi connectivity index (χ1v) is 8.12. The number of hydrogen-bond donors (Lipinski definition) is 0. The highest BCUT2D eigenvalue weighted by Gasteiger charge is 2.54.